The number of aromatic nitrogens is 1. The van der Waals surface area contributed by atoms with Crippen LogP contribution in [0.3, 0.4) is 0 Å². The van der Waals surface area contributed by atoms with E-state index < -0.39 is 10.0 Å². The fraction of sp³-hybridized carbons (Fsp3) is 0.227. The first-order valence-corrected chi connectivity index (χ1v) is 10.7. The first-order valence-electron chi connectivity index (χ1n) is 9.30. The fourth-order valence-electron chi connectivity index (χ4n) is 3.25. The van der Waals surface area contributed by atoms with Crippen molar-refractivity contribution in [2.75, 3.05) is 13.1 Å². The molecule has 0 fully saturated rings. The molecule has 0 unspecified atom stereocenters. The molecule has 0 bridgehead atoms. The topological polar surface area (TPSA) is 76.3 Å². The molecule has 0 saturated carbocycles. The van der Waals surface area contributed by atoms with Crippen LogP contribution in [0.25, 0.3) is 10.8 Å². The molecule has 2 aromatic carbocycles. The minimum Gasteiger partial charge on any atom is -0.327 e. The van der Waals surface area contributed by atoms with E-state index >= 15 is 0 Å². The Labute approximate surface area is 166 Å². The smallest absolute Gasteiger partial charge is 0.264 e. The Hall–Kier alpha value is -2.70. The number of rotatable bonds is 8. The van der Waals surface area contributed by atoms with E-state index in [4.69, 9.17) is 5.73 Å². The van der Waals surface area contributed by atoms with Crippen molar-refractivity contribution in [2.45, 2.75) is 24.7 Å². The van der Waals surface area contributed by atoms with Crippen LogP contribution in [0.1, 0.15) is 17.5 Å². The van der Waals surface area contributed by atoms with Crippen molar-refractivity contribution in [3.63, 3.8) is 0 Å². The predicted molar refractivity (Wildman–Crippen MR) is 113 cm³/mol. The summed E-state index contributed by atoms with van der Waals surface area (Å²) in [7, 11) is -3.71. The van der Waals surface area contributed by atoms with E-state index in [9.17, 15) is 8.42 Å². The molecule has 0 aliphatic carbocycles. The summed E-state index contributed by atoms with van der Waals surface area (Å²) in [6, 6.07) is 15.4. The lowest BCUT2D eigenvalue weighted by Gasteiger charge is -2.22. The highest BCUT2D eigenvalue weighted by molar-refractivity contribution is 7.89. The van der Waals surface area contributed by atoms with Crippen molar-refractivity contribution in [1.82, 2.24) is 9.29 Å². The van der Waals surface area contributed by atoms with Crippen LogP contribution in [-0.4, -0.2) is 30.8 Å². The van der Waals surface area contributed by atoms with Gasteiger partial charge in [-0.05, 0) is 37.0 Å². The molecule has 6 heteroatoms. The average molecular weight is 396 g/mol. The lowest BCUT2D eigenvalue weighted by atomic mass is 10.1. The Morgan fingerprint density at radius 1 is 1.07 bits per heavy atom. The molecule has 0 amide bonds. The zero-order valence-corrected chi connectivity index (χ0v) is 16.8. The molecule has 1 heterocycles. The van der Waals surface area contributed by atoms with Crippen molar-refractivity contribution >= 4 is 20.8 Å². The zero-order chi connectivity index (χ0) is 20.0. The summed E-state index contributed by atoms with van der Waals surface area (Å²) in [6.45, 7) is 2.54. The molecule has 1 aromatic heterocycles. The Balaban J connectivity index is 1.92. The van der Waals surface area contributed by atoms with Gasteiger partial charge < -0.3 is 5.73 Å². The van der Waals surface area contributed by atoms with Crippen molar-refractivity contribution in [3.05, 3.63) is 84.3 Å². The SMILES string of the molecule is Cc1cncc2cccc(S(=O)(=O)N(C=CCN)CCCc3ccccc3)c12. The summed E-state index contributed by atoms with van der Waals surface area (Å²) in [5.41, 5.74) is 7.60. The number of sulfonamides is 1. The normalized spacial score (nSPS) is 11.9. The van der Waals surface area contributed by atoms with Crippen molar-refractivity contribution in [1.29, 1.82) is 0 Å². The van der Waals surface area contributed by atoms with Gasteiger partial charge in [0.1, 0.15) is 0 Å². The van der Waals surface area contributed by atoms with Gasteiger partial charge in [-0.15, -0.1) is 0 Å². The third-order valence-corrected chi connectivity index (χ3v) is 6.43. The zero-order valence-electron chi connectivity index (χ0n) is 16.0. The van der Waals surface area contributed by atoms with Crippen molar-refractivity contribution < 1.29 is 8.42 Å². The molecule has 2 N–H and O–H groups in total. The van der Waals surface area contributed by atoms with Crippen molar-refractivity contribution in [3.8, 4) is 0 Å². The van der Waals surface area contributed by atoms with Crippen LogP contribution >= 0.6 is 0 Å². The summed E-state index contributed by atoms with van der Waals surface area (Å²) in [4.78, 5) is 4.47. The molecule has 0 aliphatic heterocycles. The second kappa shape index (κ2) is 8.99. The standard InChI is InChI=1S/C22H25N3O2S/c1-18-16-24-17-20-11-5-12-21(22(18)20)28(26,27)25(15-7-13-23)14-6-10-19-8-3-2-4-9-19/h2-5,7-9,11-12,15-17H,6,10,13-14,23H2,1H3. The summed E-state index contributed by atoms with van der Waals surface area (Å²) < 4.78 is 28.3. The Morgan fingerprint density at radius 3 is 2.61 bits per heavy atom. The number of benzene rings is 2. The maximum Gasteiger partial charge on any atom is 0.264 e. The summed E-state index contributed by atoms with van der Waals surface area (Å²) in [5, 5.41) is 1.53. The predicted octanol–water partition coefficient (Wildman–Crippen LogP) is 3.64. The van der Waals surface area contributed by atoms with E-state index in [1.54, 1.807) is 36.8 Å². The Bertz CT molecular complexity index is 1060. The largest absolute Gasteiger partial charge is 0.327 e. The maximum absolute atomic E-state index is 13.5. The molecule has 0 radical (unpaired) electrons. The molecule has 0 saturated heterocycles. The maximum atomic E-state index is 13.5. The van der Waals surface area contributed by atoms with Gasteiger partial charge in [-0.1, -0.05) is 48.5 Å². The van der Waals surface area contributed by atoms with Gasteiger partial charge in [0.05, 0.1) is 4.90 Å². The number of pyridine rings is 1. The first-order chi connectivity index (χ1) is 13.5. The lowest BCUT2D eigenvalue weighted by molar-refractivity contribution is 0.489. The van der Waals surface area contributed by atoms with Gasteiger partial charge in [0.15, 0.2) is 0 Å². The van der Waals surface area contributed by atoms with Gasteiger partial charge in [0.2, 0.25) is 0 Å². The molecule has 5 nitrogen and oxygen atoms in total. The minimum atomic E-state index is -3.71. The Kier molecular flexibility index (Phi) is 6.44. The summed E-state index contributed by atoms with van der Waals surface area (Å²) in [6.07, 6.45) is 8.15. The Morgan fingerprint density at radius 2 is 1.86 bits per heavy atom. The number of hydrogen-bond donors (Lipinski definition) is 1. The van der Waals surface area contributed by atoms with Gasteiger partial charge in [0, 0.05) is 42.5 Å². The van der Waals surface area contributed by atoms with Crippen LogP contribution in [0.2, 0.25) is 0 Å². The second-order valence-electron chi connectivity index (χ2n) is 6.64. The molecule has 0 aliphatic rings. The van der Waals surface area contributed by atoms with E-state index in [0.29, 0.717) is 23.2 Å². The molecule has 0 spiro atoms. The number of nitrogens with zero attached hydrogens (tertiary/aromatic N) is 2. The monoisotopic (exact) mass is 395 g/mol. The average Bonchev–Trinajstić information content (AvgIpc) is 2.71. The molecule has 146 valence electrons. The molecular formula is C22H25N3O2S. The van der Waals surface area contributed by atoms with E-state index in [1.807, 2.05) is 31.2 Å². The van der Waals surface area contributed by atoms with Gasteiger partial charge >= 0.3 is 0 Å². The number of fused-ring (bicyclic) bond motifs is 1. The molecule has 0 atom stereocenters. The minimum absolute atomic E-state index is 0.281. The van der Waals surface area contributed by atoms with Crippen LogP contribution in [0.15, 0.2) is 78.1 Å². The van der Waals surface area contributed by atoms with Crippen molar-refractivity contribution in [2.24, 2.45) is 5.73 Å². The van der Waals surface area contributed by atoms with E-state index in [-0.39, 0.29) is 6.54 Å². The highest BCUT2D eigenvalue weighted by Gasteiger charge is 2.24. The quantitative estimate of drug-likeness (QED) is 0.632. The molecular weight excluding hydrogens is 370 g/mol. The molecule has 28 heavy (non-hydrogen) atoms. The van der Waals surface area contributed by atoms with Crippen LogP contribution in [0, 0.1) is 6.92 Å². The van der Waals surface area contributed by atoms with Gasteiger partial charge in [-0.3, -0.25) is 9.29 Å². The number of aryl methyl sites for hydroxylation is 2. The lowest BCUT2D eigenvalue weighted by Crippen LogP contribution is -2.28. The number of hydrogen-bond acceptors (Lipinski definition) is 4. The van der Waals surface area contributed by atoms with Crippen LogP contribution in [0.5, 0.6) is 0 Å². The fourth-order valence-corrected chi connectivity index (χ4v) is 4.91. The summed E-state index contributed by atoms with van der Waals surface area (Å²) >= 11 is 0. The van der Waals surface area contributed by atoms with E-state index in [1.165, 1.54) is 9.87 Å². The van der Waals surface area contributed by atoms with Crippen LogP contribution in [0.4, 0.5) is 0 Å². The third kappa shape index (κ3) is 4.40. The van der Waals surface area contributed by atoms with Gasteiger partial charge in [0.25, 0.3) is 10.0 Å². The highest BCUT2D eigenvalue weighted by Crippen LogP contribution is 2.28. The first kappa shape index (κ1) is 20.0. The molecule has 3 rings (SSSR count). The highest BCUT2D eigenvalue weighted by atomic mass is 32.2. The van der Waals surface area contributed by atoms with Gasteiger partial charge in [-0.2, -0.15) is 0 Å². The van der Waals surface area contributed by atoms with Gasteiger partial charge in [-0.25, -0.2) is 8.42 Å². The van der Waals surface area contributed by atoms with Crippen LogP contribution in [-0.2, 0) is 16.4 Å². The van der Waals surface area contributed by atoms with Crippen LogP contribution < -0.4 is 5.73 Å². The number of nitrogens with two attached hydrogens (primary N) is 1. The summed E-state index contributed by atoms with van der Waals surface area (Å²) in [5.74, 6) is 0. The molecule has 3 aromatic rings. The third-order valence-electron chi connectivity index (χ3n) is 4.62. The van der Waals surface area contributed by atoms with E-state index in [0.717, 1.165) is 17.4 Å². The van der Waals surface area contributed by atoms with E-state index in [2.05, 4.69) is 17.1 Å². The second-order valence-corrected chi connectivity index (χ2v) is 8.50.